The Balaban J connectivity index is 0.00000242. The number of hydrogen-bond donors (Lipinski definition) is 2. The summed E-state index contributed by atoms with van der Waals surface area (Å²) in [6.07, 6.45) is -0.0625. The van der Waals surface area contributed by atoms with Gasteiger partial charge >= 0.3 is 0 Å². The largest absolute Gasteiger partial charge is 0.379 e. The molecule has 0 bridgehead atoms. The van der Waals surface area contributed by atoms with E-state index in [4.69, 9.17) is 10.6 Å². The van der Waals surface area contributed by atoms with Gasteiger partial charge in [0.2, 0.25) is 5.91 Å². The molecule has 0 saturated carbocycles. The minimum atomic E-state index is -0.731. The average molecular weight is 632 g/mol. The van der Waals surface area contributed by atoms with E-state index in [0.29, 0.717) is 37.2 Å². The molecular weight excluding hydrogens is 589 g/mol. The van der Waals surface area contributed by atoms with Crippen LogP contribution in [-0.4, -0.2) is 91.0 Å². The standard InChI is InChI=1S/C29H40F2N6O3.2ClH/c1-18-13-35(23(12-33-18)14-34-7-8-40-16-19(34)2)15-26(38)36-17-29(3,4)27-25(36)10-21(28(39)37(27)32)9-20-5-6-22(30)11-24(20)31;;/h5-6,10-11,18-19,23,33H,7-9,12-17,32H2,1-4H3;2*1H/t18-,19-,23-;;/m1../s1. The number of amides is 1. The van der Waals surface area contributed by atoms with Crippen LogP contribution < -0.4 is 21.6 Å². The molecule has 3 atom stereocenters. The summed E-state index contributed by atoms with van der Waals surface area (Å²) in [5.74, 6) is 4.82. The Bertz CT molecular complexity index is 1340. The van der Waals surface area contributed by atoms with Crippen molar-refractivity contribution in [3.8, 4) is 0 Å². The SMILES string of the molecule is C[C@@H]1CN(CC(=O)N2CC(C)(C)c3c2cc(Cc2ccc(F)cc2F)c(=O)n3N)[C@@H](CN2CCOC[C@H]2C)CN1.Cl.Cl. The summed E-state index contributed by atoms with van der Waals surface area (Å²) in [4.78, 5) is 33.5. The van der Waals surface area contributed by atoms with Gasteiger partial charge in [0.25, 0.3) is 5.56 Å². The zero-order chi connectivity index (χ0) is 28.8. The molecule has 2 aromatic rings. The topological polar surface area (TPSA) is 96.1 Å². The quantitative estimate of drug-likeness (QED) is 0.473. The van der Waals surface area contributed by atoms with E-state index in [-0.39, 0.29) is 66.9 Å². The second-order valence-electron chi connectivity index (χ2n) is 12.2. The predicted octanol–water partition coefficient (Wildman–Crippen LogP) is 2.28. The van der Waals surface area contributed by atoms with Crippen molar-refractivity contribution in [1.29, 1.82) is 0 Å². The zero-order valence-corrected chi connectivity index (χ0v) is 26.2. The summed E-state index contributed by atoms with van der Waals surface area (Å²) in [6.45, 7) is 13.5. The summed E-state index contributed by atoms with van der Waals surface area (Å²) < 4.78 is 34.6. The van der Waals surface area contributed by atoms with Gasteiger partial charge in [-0.1, -0.05) is 19.9 Å². The number of halogens is 4. The number of nitrogen functional groups attached to an aromatic ring is 1. The molecule has 0 unspecified atom stereocenters. The molecule has 4 heterocycles. The molecule has 2 saturated heterocycles. The van der Waals surface area contributed by atoms with Crippen LogP contribution in [0.4, 0.5) is 14.5 Å². The highest BCUT2D eigenvalue weighted by atomic mass is 35.5. The molecule has 5 rings (SSSR count). The van der Waals surface area contributed by atoms with Gasteiger partial charge in [0.05, 0.1) is 31.1 Å². The Labute approximate surface area is 258 Å². The lowest BCUT2D eigenvalue weighted by molar-refractivity contribution is -0.121. The van der Waals surface area contributed by atoms with Crippen molar-refractivity contribution in [2.24, 2.45) is 0 Å². The first-order valence-electron chi connectivity index (χ1n) is 14.0. The monoisotopic (exact) mass is 630 g/mol. The Morgan fingerprint density at radius 1 is 1.14 bits per heavy atom. The molecule has 3 N–H and O–H groups in total. The van der Waals surface area contributed by atoms with E-state index in [1.165, 1.54) is 6.07 Å². The molecule has 234 valence electrons. The highest BCUT2D eigenvalue weighted by Gasteiger charge is 2.42. The number of ether oxygens (including phenoxy) is 1. The molecule has 0 aliphatic carbocycles. The first-order valence-corrected chi connectivity index (χ1v) is 14.0. The van der Waals surface area contributed by atoms with Gasteiger partial charge in [0, 0.05) is 74.3 Å². The lowest BCUT2D eigenvalue weighted by atomic mass is 9.90. The summed E-state index contributed by atoms with van der Waals surface area (Å²) in [7, 11) is 0. The lowest BCUT2D eigenvalue weighted by Crippen LogP contribution is -2.62. The molecule has 13 heteroatoms. The van der Waals surface area contributed by atoms with Crippen LogP contribution in [0, 0.1) is 11.6 Å². The fourth-order valence-corrected chi connectivity index (χ4v) is 6.30. The third-order valence-corrected chi connectivity index (χ3v) is 8.49. The first-order chi connectivity index (χ1) is 18.9. The molecule has 1 aromatic heterocycles. The number of nitrogens with zero attached hydrogens (tertiary/aromatic N) is 4. The number of nitrogens with one attached hydrogen (secondary N) is 1. The molecule has 0 radical (unpaired) electrons. The van der Waals surface area contributed by atoms with Gasteiger partial charge in [-0.05, 0) is 31.5 Å². The van der Waals surface area contributed by atoms with Crippen LogP contribution in [0.15, 0.2) is 29.1 Å². The number of morpholine rings is 1. The van der Waals surface area contributed by atoms with E-state index in [9.17, 15) is 18.4 Å². The van der Waals surface area contributed by atoms with E-state index < -0.39 is 22.6 Å². The summed E-state index contributed by atoms with van der Waals surface area (Å²) in [5.41, 5.74) is 0.553. The van der Waals surface area contributed by atoms with Crippen LogP contribution in [0.25, 0.3) is 0 Å². The van der Waals surface area contributed by atoms with E-state index in [0.717, 1.165) is 43.0 Å². The summed E-state index contributed by atoms with van der Waals surface area (Å²) in [6, 6.07) is 5.67. The van der Waals surface area contributed by atoms with Crippen molar-refractivity contribution < 1.29 is 18.3 Å². The second-order valence-corrected chi connectivity index (χ2v) is 12.2. The first kappa shape index (κ1) is 34.2. The van der Waals surface area contributed by atoms with Crippen LogP contribution in [0.5, 0.6) is 0 Å². The number of piperazine rings is 1. The molecule has 1 amide bonds. The third-order valence-electron chi connectivity index (χ3n) is 8.49. The fraction of sp³-hybridized carbons (Fsp3) is 0.586. The number of benzene rings is 1. The number of nitrogens with two attached hydrogens (primary N) is 1. The van der Waals surface area contributed by atoms with E-state index >= 15 is 0 Å². The molecule has 0 spiro atoms. The van der Waals surface area contributed by atoms with Gasteiger partial charge in [0.1, 0.15) is 11.6 Å². The van der Waals surface area contributed by atoms with Gasteiger partial charge < -0.3 is 20.8 Å². The number of carbonyl (C=O) groups excluding carboxylic acids is 1. The van der Waals surface area contributed by atoms with Crippen molar-refractivity contribution in [3.05, 3.63) is 63.1 Å². The Hall–Kier alpha value is -2.28. The molecular formula is C29H42Cl2F2N6O3. The van der Waals surface area contributed by atoms with Gasteiger partial charge in [0.15, 0.2) is 0 Å². The van der Waals surface area contributed by atoms with Crippen LogP contribution in [-0.2, 0) is 21.4 Å². The highest BCUT2D eigenvalue weighted by molar-refractivity contribution is 5.97. The van der Waals surface area contributed by atoms with Crippen LogP contribution >= 0.6 is 24.8 Å². The van der Waals surface area contributed by atoms with Gasteiger partial charge in [-0.15, -0.1) is 24.8 Å². The highest BCUT2D eigenvalue weighted by Crippen LogP contribution is 2.40. The van der Waals surface area contributed by atoms with Crippen molar-refractivity contribution in [1.82, 2.24) is 19.8 Å². The van der Waals surface area contributed by atoms with Crippen molar-refractivity contribution in [2.75, 3.05) is 63.2 Å². The summed E-state index contributed by atoms with van der Waals surface area (Å²) in [5, 5.41) is 3.56. The van der Waals surface area contributed by atoms with Gasteiger partial charge in [-0.3, -0.25) is 19.4 Å². The summed E-state index contributed by atoms with van der Waals surface area (Å²) >= 11 is 0. The maximum absolute atomic E-state index is 14.4. The number of aromatic nitrogens is 1. The minimum absolute atomic E-state index is 0. The van der Waals surface area contributed by atoms with E-state index in [1.54, 1.807) is 11.0 Å². The molecule has 1 aromatic carbocycles. The van der Waals surface area contributed by atoms with Crippen molar-refractivity contribution in [3.63, 3.8) is 0 Å². The number of hydrogen-bond acceptors (Lipinski definition) is 7. The van der Waals surface area contributed by atoms with Crippen LogP contribution in [0.1, 0.15) is 44.5 Å². The molecule has 42 heavy (non-hydrogen) atoms. The minimum Gasteiger partial charge on any atom is -0.379 e. The third kappa shape index (κ3) is 6.92. The number of rotatable bonds is 6. The maximum Gasteiger partial charge on any atom is 0.272 e. The van der Waals surface area contributed by atoms with Gasteiger partial charge in [-0.2, -0.15) is 0 Å². The van der Waals surface area contributed by atoms with E-state index in [1.807, 2.05) is 13.8 Å². The van der Waals surface area contributed by atoms with Gasteiger partial charge in [-0.25, -0.2) is 13.5 Å². The van der Waals surface area contributed by atoms with Crippen LogP contribution in [0.3, 0.4) is 0 Å². The number of anilines is 1. The van der Waals surface area contributed by atoms with Crippen LogP contribution in [0.2, 0.25) is 0 Å². The number of carbonyl (C=O) groups is 1. The Morgan fingerprint density at radius 3 is 2.57 bits per heavy atom. The molecule has 3 aliphatic rings. The lowest BCUT2D eigenvalue weighted by Gasteiger charge is -2.43. The second kappa shape index (κ2) is 13.6. The Morgan fingerprint density at radius 2 is 1.88 bits per heavy atom. The zero-order valence-electron chi connectivity index (χ0n) is 24.6. The van der Waals surface area contributed by atoms with E-state index in [2.05, 4.69) is 29.0 Å². The predicted molar refractivity (Wildman–Crippen MR) is 165 cm³/mol. The fourth-order valence-electron chi connectivity index (χ4n) is 6.30. The molecule has 3 aliphatic heterocycles. The molecule has 2 fully saturated rings. The average Bonchev–Trinajstić information content (AvgIpc) is 3.17. The van der Waals surface area contributed by atoms with Crippen molar-refractivity contribution in [2.45, 2.75) is 57.7 Å². The maximum atomic E-state index is 14.4. The number of pyridine rings is 1. The van der Waals surface area contributed by atoms with Crippen molar-refractivity contribution >= 4 is 36.4 Å². The normalized spacial score (nSPS) is 24.0. The number of fused-ring (bicyclic) bond motifs is 1. The Kier molecular flexibility index (Phi) is 11.1. The smallest absolute Gasteiger partial charge is 0.272 e. The molecule has 9 nitrogen and oxygen atoms in total.